The molecule has 0 radical (unpaired) electrons. The molecule has 4 N–H and O–H groups in total. The van der Waals surface area contributed by atoms with Crippen LogP contribution in [0.2, 0.25) is 0 Å². The smallest absolute Gasteiger partial charge is 0.378 e. The van der Waals surface area contributed by atoms with Gasteiger partial charge < -0.3 is 33.8 Å². The van der Waals surface area contributed by atoms with Crippen molar-refractivity contribution in [1.29, 1.82) is 0 Å². The summed E-state index contributed by atoms with van der Waals surface area (Å²) in [5.74, 6) is 0. The molecular formula is C58H121FO19P4. The van der Waals surface area contributed by atoms with Crippen LogP contribution in [0, 0.1) is 16.2 Å². The lowest BCUT2D eigenvalue weighted by Crippen LogP contribution is -2.33. The molecule has 0 bridgehead atoms. The highest BCUT2D eigenvalue weighted by atomic mass is 31.2. The van der Waals surface area contributed by atoms with Crippen molar-refractivity contribution in [3.05, 3.63) is 0 Å². The fourth-order valence-corrected chi connectivity index (χ4v) is 13.5. The summed E-state index contributed by atoms with van der Waals surface area (Å²) in [6.45, 7) is 16.1. The molecule has 0 heterocycles. The molecule has 0 aromatic rings. The molecule has 0 aliphatic rings. The quantitative estimate of drug-likeness (QED) is 0.0326. The Hall–Kier alpha value is 0.250. The average Bonchev–Trinajstić information content (AvgIpc) is 3.45. The fraction of sp³-hybridized carbons (Fsp3) is 1.00. The fourth-order valence-electron chi connectivity index (χ4n) is 10.3. The van der Waals surface area contributed by atoms with Crippen molar-refractivity contribution in [1.82, 2.24) is 0 Å². The number of phosphoric acid groups is 4. The van der Waals surface area contributed by atoms with E-state index in [2.05, 4.69) is 62.3 Å². The second kappa shape index (κ2) is 48.1. The predicted molar refractivity (Wildman–Crippen MR) is 325 cm³/mol. The normalized spacial score (nSPS) is 16.8. The zero-order chi connectivity index (χ0) is 61.7. The summed E-state index contributed by atoms with van der Waals surface area (Å²) in [6.07, 6.45) is 23.4. The molecule has 0 aromatic heterocycles. The van der Waals surface area contributed by atoms with Gasteiger partial charge in [-0.25, -0.2) is 18.3 Å². The first kappa shape index (κ1) is 82.2. The molecule has 494 valence electrons. The molecule has 0 aliphatic heterocycles. The van der Waals surface area contributed by atoms with Crippen LogP contribution in [-0.2, 0) is 68.7 Å². The van der Waals surface area contributed by atoms with Crippen LogP contribution in [0.3, 0.4) is 0 Å². The van der Waals surface area contributed by atoms with Crippen LogP contribution < -0.4 is 0 Å². The molecule has 0 spiro atoms. The molecule has 19 nitrogen and oxygen atoms in total. The Balaban J connectivity index is 7.03. The second-order valence-electron chi connectivity index (χ2n) is 23.0. The van der Waals surface area contributed by atoms with Gasteiger partial charge in [0.2, 0.25) is 0 Å². The molecule has 7 unspecified atom stereocenters. The van der Waals surface area contributed by atoms with Gasteiger partial charge in [-0.1, -0.05) is 191 Å². The Bertz CT molecular complexity index is 1660. The largest absolute Gasteiger partial charge is 0.472 e. The number of alkyl halides is 1. The van der Waals surface area contributed by atoms with E-state index in [1.165, 1.54) is 0 Å². The summed E-state index contributed by atoms with van der Waals surface area (Å²) in [5.41, 5.74) is -0.541. The minimum atomic E-state index is -5.20. The van der Waals surface area contributed by atoms with Crippen LogP contribution in [0.25, 0.3) is 0 Å². The van der Waals surface area contributed by atoms with E-state index in [-0.39, 0.29) is 42.7 Å². The van der Waals surface area contributed by atoms with Crippen LogP contribution in [0.4, 0.5) is 4.39 Å². The second-order valence-corrected chi connectivity index (χ2v) is 28.8. The summed E-state index contributed by atoms with van der Waals surface area (Å²) < 4.78 is 128. The number of halogens is 1. The van der Waals surface area contributed by atoms with Crippen molar-refractivity contribution in [2.24, 2.45) is 16.2 Å². The highest BCUT2D eigenvalue weighted by Gasteiger charge is 2.38. The van der Waals surface area contributed by atoms with Gasteiger partial charge in [0, 0.05) is 7.11 Å². The molecule has 7 atom stereocenters. The third-order valence-electron chi connectivity index (χ3n) is 15.3. The number of ether oxygens (including phenoxy) is 3. The third-order valence-corrected chi connectivity index (χ3v) is 19.4. The minimum Gasteiger partial charge on any atom is -0.378 e. The number of hydrogen-bond donors (Lipinski definition) is 4. The lowest BCUT2D eigenvalue weighted by molar-refractivity contribution is -0.0541. The van der Waals surface area contributed by atoms with Crippen molar-refractivity contribution in [2.75, 3.05) is 79.9 Å². The Morgan fingerprint density at radius 2 is 0.598 bits per heavy atom. The lowest BCUT2D eigenvalue weighted by Gasteiger charge is -2.35. The van der Waals surface area contributed by atoms with Gasteiger partial charge in [-0.05, 0) is 86.9 Å². The Labute approximate surface area is 497 Å². The van der Waals surface area contributed by atoms with E-state index in [1.807, 2.05) is 0 Å². The maximum absolute atomic E-state index is 14.1. The number of phosphoric ester groups is 4. The van der Waals surface area contributed by atoms with E-state index in [9.17, 15) is 42.2 Å². The minimum absolute atomic E-state index is 0.145. The van der Waals surface area contributed by atoms with Gasteiger partial charge in [0.1, 0.15) is 18.3 Å². The predicted octanol–water partition coefficient (Wildman–Crippen LogP) is 17.5. The number of hydrogen-bond acceptors (Lipinski definition) is 15. The first-order valence-electron chi connectivity index (χ1n) is 31.8. The molecule has 0 amide bonds. The summed E-state index contributed by atoms with van der Waals surface area (Å²) in [5, 5.41) is 0. The first-order chi connectivity index (χ1) is 39.0. The molecule has 0 aromatic carbocycles. The van der Waals surface area contributed by atoms with Gasteiger partial charge in [-0.3, -0.25) is 40.6 Å². The van der Waals surface area contributed by atoms with Gasteiger partial charge in [-0.2, -0.15) is 0 Å². The molecule has 0 aliphatic carbocycles. The monoisotopic (exact) mass is 1260 g/mol. The van der Waals surface area contributed by atoms with Crippen molar-refractivity contribution in [2.45, 2.75) is 280 Å². The van der Waals surface area contributed by atoms with E-state index >= 15 is 0 Å². The van der Waals surface area contributed by atoms with Gasteiger partial charge in [0.05, 0.1) is 72.7 Å². The Kier molecular flexibility index (Phi) is 48.3. The van der Waals surface area contributed by atoms with E-state index < -0.39 is 82.7 Å². The van der Waals surface area contributed by atoms with Gasteiger partial charge in [0.15, 0.2) is 0 Å². The van der Waals surface area contributed by atoms with E-state index in [0.29, 0.717) is 38.9 Å². The van der Waals surface area contributed by atoms with E-state index in [1.54, 1.807) is 0 Å². The molecule has 0 saturated carbocycles. The lowest BCUT2D eigenvalue weighted by atomic mass is 9.75. The SMILES string of the molecule is CCCCC(CCCC)(CCCC)COCC(COP(=O)(O)OC(COCC(CCCC)(CCCC)CCCC)COP(=O)(O)OC(COCC(CCCC)(CCCC)CCCC)COP(=O)(O)OCCCCCCF)OP(=O)(O)OC. The van der Waals surface area contributed by atoms with Crippen molar-refractivity contribution in [3.63, 3.8) is 0 Å². The van der Waals surface area contributed by atoms with Crippen LogP contribution in [0.1, 0.15) is 261 Å². The van der Waals surface area contributed by atoms with Crippen molar-refractivity contribution >= 4 is 31.3 Å². The highest BCUT2D eigenvalue weighted by Crippen LogP contribution is 2.51. The molecular weight excluding hydrogens is 1140 g/mol. The first-order valence-corrected chi connectivity index (χ1v) is 37.8. The number of rotatable bonds is 62. The highest BCUT2D eigenvalue weighted by molar-refractivity contribution is 7.48. The Morgan fingerprint density at radius 3 is 0.854 bits per heavy atom. The third kappa shape index (κ3) is 40.7. The van der Waals surface area contributed by atoms with E-state index in [4.69, 9.17) is 50.4 Å². The van der Waals surface area contributed by atoms with Crippen LogP contribution >= 0.6 is 31.3 Å². The maximum Gasteiger partial charge on any atom is 0.472 e. The molecule has 0 rings (SSSR count). The zero-order valence-electron chi connectivity index (χ0n) is 53.0. The van der Waals surface area contributed by atoms with Crippen LogP contribution in [0.5, 0.6) is 0 Å². The van der Waals surface area contributed by atoms with Crippen LogP contribution in [0.15, 0.2) is 0 Å². The molecule has 0 saturated heterocycles. The molecule has 24 heteroatoms. The number of unbranched alkanes of at least 4 members (excludes halogenated alkanes) is 12. The summed E-state index contributed by atoms with van der Waals surface area (Å²) in [6, 6.07) is 0. The average molecular weight is 1270 g/mol. The topological polar surface area (TPSA) is 251 Å². The summed E-state index contributed by atoms with van der Waals surface area (Å²) in [7, 11) is -18.8. The van der Waals surface area contributed by atoms with Crippen molar-refractivity contribution in [3.8, 4) is 0 Å². The van der Waals surface area contributed by atoms with Gasteiger partial charge >= 0.3 is 31.3 Å². The maximum atomic E-state index is 14.1. The Morgan fingerprint density at radius 1 is 0.341 bits per heavy atom. The van der Waals surface area contributed by atoms with Gasteiger partial charge in [0.25, 0.3) is 0 Å². The zero-order valence-corrected chi connectivity index (χ0v) is 56.6. The van der Waals surface area contributed by atoms with Crippen LogP contribution in [-0.4, -0.2) is 118 Å². The van der Waals surface area contributed by atoms with E-state index in [0.717, 1.165) is 180 Å². The van der Waals surface area contributed by atoms with Crippen molar-refractivity contribution < 1.29 is 92.6 Å². The van der Waals surface area contributed by atoms with Gasteiger partial charge in [-0.15, -0.1) is 0 Å². The molecule has 82 heavy (non-hydrogen) atoms. The molecule has 0 fully saturated rings. The summed E-state index contributed by atoms with van der Waals surface area (Å²) in [4.78, 5) is 43.8. The summed E-state index contributed by atoms with van der Waals surface area (Å²) >= 11 is 0. The standard InChI is InChI=1S/C58H121FO19P4/c1-11-20-33-56(34-21-12-2,35-22-13-3)50-69-44-53(76-79(60,61)68-10)48-74-81(64,65)78-55(46-71-52-58(39-26-17-7,40-27-18-8)41-28-19-9)49-75-82(66,67)77-54(47-73-80(62,63)72-43-32-30-29-31-42-59)45-70-51-57(36-23-14-4,37-24-15-5)38-25-16-6/h53-55H,11-52H2,1-10H3,(H,60,61)(H,62,63)(H,64,65)(H,66,67).